The molecule has 0 unspecified atom stereocenters. The smallest absolute Gasteiger partial charge is 0.328 e. The van der Waals surface area contributed by atoms with Crippen molar-refractivity contribution in [3.63, 3.8) is 0 Å². The van der Waals surface area contributed by atoms with Crippen LogP contribution in [0.1, 0.15) is 6.92 Å². The lowest BCUT2D eigenvalue weighted by molar-refractivity contribution is -0.131. The van der Waals surface area contributed by atoms with Gasteiger partial charge < -0.3 is 14.6 Å². The fourth-order valence-corrected chi connectivity index (χ4v) is 0.628. The molecule has 0 aliphatic heterocycles. The standard InChI is InChI=1S/C8H14O4/c1-7(5-8(9)10)6-12-4-3-11-2/h5H,3-4,6H2,1-2H3,(H,9,10)/b7-5+. The Balaban J connectivity index is 3.43. The SMILES string of the molecule is COCCOC/C(C)=C/C(=O)O. The molecular formula is C8H14O4. The van der Waals surface area contributed by atoms with Crippen molar-refractivity contribution in [2.45, 2.75) is 6.92 Å². The minimum absolute atomic E-state index is 0.343. The van der Waals surface area contributed by atoms with E-state index in [4.69, 9.17) is 14.6 Å². The third-order valence-corrected chi connectivity index (χ3v) is 1.13. The number of ether oxygens (including phenoxy) is 2. The van der Waals surface area contributed by atoms with Crippen molar-refractivity contribution in [1.82, 2.24) is 0 Å². The van der Waals surface area contributed by atoms with Crippen LogP contribution in [-0.4, -0.2) is 38.0 Å². The zero-order valence-electron chi connectivity index (χ0n) is 7.37. The summed E-state index contributed by atoms with van der Waals surface area (Å²) < 4.78 is 9.82. The maximum absolute atomic E-state index is 10.1. The number of rotatable bonds is 6. The third kappa shape index (κ3) is 7.24. The molecule has 70 valence electrons. The molecule has 0 fully saturated rings. The summed E-state index contributed by atoms with van der Waals surface area (Å²) in [6, 6.07) is 0. The number of carbonyl (C=O) groups is 1. The molecule has 0 spiro atoms. The molecule has 0 aliphatic carbocycles. The van der Waals surface area contributed by atoms with E-state index in [9.17, 15) is 4.79 Å². The molecule has 0 saturated carbocycles. The molecule has 0 amide bonds. The van der Waals surface area contributed by atoms with Crippen molar-refractivity contribution in [1.29, 1.82) is 0 Å². The topological polar surface area (TPSA) is 55.8 Å². The first-order valence-corrected chi connectivity index (χ1v) is 3.63. The molecule has 0 heterocycles. The highest BCUT2D eigenvalue weighted by atomic mass is 16.5. The zero-order chi connectivity index (χ0) is 9.40. The minimum Gasteiger partial charge on any atom is -0.478 e. The summed E-state index contributed by atoms with van der Waals surface area (Å²) in [5.41, 5.74) is 0.693. The maximum atomic E-state index is 10.1. The summed E-state index contributed by atoms with van der Waals surface area (Å²) in [6.07, 6.45) is 1.13. The fourth-order valence-electron chi connectivity index (χ4n) is 0.628. The monoisotopic (exact) mass is 174 g/mol. The largest absolute Gasteiger partial charge is 0.478 e. The van der Waals surface area contributed by atoms with E-state index in [0.29, 0.717) is 25.4 Å². The van der Waals surface area contributed by atoms with Gasteiger partial charge in [-0.1, -0.05) is 0 Å². The van der Waals surface area contributed by atoms with Crippen LogP contribution in [0.5, 0.6) is 0 Å². The number of carboxylic acids is 1. The number of hydrogen-bond donors (Lipinski definition) is 1. The number of hydrogen-bond acceptors (Lipinski definition) is 3. The summed E-state index contributed by atoms with van der Waals surface area (Å²) in [5.74, 6) is -0.942. The second kappa shape index (κ2) is 6.82. The van der Waals surface area contributed by atoms with Gasteiger partial charge in [0.2, 0.25) is 0 Å². The predicted molar refractivity (Wildman–Crippen MR) is 44.1 cm³/mol. The van der Waals surface area contributed by atoms with Crippen molar-refractivity contribution in [3.8, 4) is 0 Å². The molecule has 0 bridgehead atoms. The summed E-state index contributed by atoms with van der Waals surface area (Å²) in [6.45, 7) is 3.07. The molecule has 1 N–H and O–H groups in total. The third-order valence-electron chi connectivity index (χ3n) is 1.13. The van der Waals surface area contributed by atoms with Gasteiger partial charge in [0, 0.05) is 13.2 Å². The van der Waals surface area contributed by atoms with Crippen LogP contribution in [0.3, 0.4) is 0 Å². The predicted octanol–water partition coefficient (Wildman–Crippen LogP) is 0.680. The van der Waals surface area contributed by atoms with Crippen LogP contribution >= 0.6 is 0 Å². The average Bonchev–Trinajstić information content (AvgIpc) is 1.97. The first-order chi connectivity index (χ1) is 5.66. The van der Waals surface area contributed by atoms with Gasteiger partial charge in [-0.05, 0) is 12.5 Å². The molecule has 4 nitrogen and oxygen atoms in total. The molecule has 0 saturated heterocycles. The maximum Gasteiger partial charge on any atom is 0.328 e. The Bertz CT molecular complexity index is 162. The van der Waals surface area contributed by atoms with Crippen LogP contribution in [0, 0.1) is 0 Å². The lowest BCUT2D eigenvalue weighted by atomic mass is 10.3. The fraction of sp³-hybridized carbons (Fsp3) is 0.625. The van der Waals surface area contributed by atoms with E-state index < -0.39 is 5.97 Å². The second-order valence-corrected chi connectivity index (χ2v) is 2.37. The zero-order valence-corrected chi connectivity index (χ0v) is 7.37. The van der Waals surface area contributed by atoms with Gasteiger partial charge in [-0.25, -0.2) is 4.79 Å². The highest BCUT2D eigenvalue weighted by Gasteiger charge is 1.94. The van der Waals surface area contributed by atoms with Crippen molar-refractivity contribution in [2.24, 2.45) is 0 Å². The highest BCUT2D eigenvalue weighted by molar-refractivity contribution is 5.80. The molecule has 12 heavy (non-hydrogen) atoms. The Morgan fingerprint density at radius 3 is 2.67 bits per heavy atom. The van der Waals surface area contributed by atoms with Crippen molar-refractivity contribution >= 4 is 5.97 Å². The molecule has 0 radical (unpaired) electrons. The van der Waals surface area contributed by atoms with E-state index in [1.807, 2.05) is 0 Å². The average molecular weight is 174 g/mol. The lowest BCUT2D eigenvalue weighted by Gasteiger charge is -2.02. The van der Waals surface area contributed by atoms with E-state index in [-0.39, 0.29) is 0 Å². The Morgan fingerprint density at radius 1 is 1.50 bits per heavy atom. The van der Waals surface area contributed by atoms with Gasteiger partial charge in [0.1, 0.15) is 0 Å². The molecule has 0 aromatic heterocycles. The van der Waals surface area contributed by atoms with E-state index in [2.05, 4.69) is 0 Å². The summed E-state index contributed by atoms with van der Waals surface area (Å²) >= 11 is 0. The van der Waals surface area contributed by atoms with Gasteiger partial charge in [0.25, 0.3) is 0 Å². The Labute approximate surface area is 71.8 Å². The van der Waals surface area contributed by atoms with Gasteiger partial charge in [-0.15, -0.1) is 0 Å². The van der Waals surface area contributed by atoms with E-state index >= 15 is 0 Å². The first-order valence-electron chi connectivity index (χ1n) is 3.63. The minimum atomic E-state index is -0.942. The number of carboxylic acid groups (broad SMARTS) is 1. The first kappa shape index (κ1) is 11.1. The van der Waals surface area contributed by atoms with Gasteiger partial charge in [-0.2, -0.15) is 0 Å². The quantitative estimate of drug-likeness (QED) is 0.475. The summed E-state index contributed by atoms with van der Waals surface area (Å²) in [5, 5.41) is 8.33. The Hall–Kier alpha value is -0.870. The van der Waals surface area contributed by atoms with Gasteiger partial charge >= 0.3 is 5.97 Å². The highest BCUT2D eigenvalue weighted by Crippen LogP contribution is 1.92. The lowest BCUT2D eigenvalue weighted by Crippen LogP contribution is -2.04. The number of aliphatic carboxylic acids is 1. The van der Waals surface area contributed by atoms with E-state index in [1.165, 1.54) is 0 Å². The Kier molecular flexibility index (Phi) is 6.32. The molecule has 0 aromatic carbocycles. The van der Waals surface area contributed by atoms with Crippen LogP contribution < -0.4 is 0 Å². The van der Waals surface area contributed by atoms with Crippen LogP contribution in [0.2, 0.25) is 0 Å². The normalized spacial score (nSPS) is 11.7. The van der Waals surface area contributed by atoms with Crippen LogP contribution in [0.15, 0.2) is 11.6 Å². The molecule has 0 atom stereocenters. The molecule has 0 rings (SSSR count). The molecule has 0 aromatic rings. The summed E-state index contributed by atoms with van der Waals surface area (Å²) in [7, 11) is 1.59. The van der Waals surface area contributed by atoms with Gasteiger partial charge in [-0.3, -0.25) is 0 Å². The molecule has 4 heteroatoms. The number of methoxy groups -OCH3 is 1. The second-order valence-electron chi connectivity index (χ2n) is 2.37. The van der Waals surface area contributed by atoms with Crippen LogP contribution in [0.25, 0.3) is 0 Å². The van der Waals surface area contributed by atoms with E-state index in [0.717, 1.165) is 6.08 Å². The molecule has 0 aliphatic rings. The van der Waals surface area contributed by atoms with Crippen molar-refractivity contribution < 1.29 is 19.4 Å². The molecular weight excluding hydrogens is 160 g/mol. The summed E-state index contributed by atoms with van der Waals surface area (Å²) in [4.78, 5) is 10.1. The Morgan fingerprint density at radius 2 is 2.17 bits per heavy atom. The van der Waals surface area contributed by atoms with Crippen LogP contribution in [0.4, 0.5) is 0 Å². The van der Waals surface area contributed by atoms with Crippen molar-refractivity contribution in [3.05, 3.63) is 11.6 Å². The van der Waals surface area contributed by atoms with Crippen molar-refractivity contribution in [2.75, 3.05) is 26.9 Å². The van der Waals surface area contributed by atoms with E-state index in [1.54, 1.807) is 14.0 Å². The van der Waals surface area contributed by atoms with Gasteiger partial charge in [0.05, 0.1) is 19.8 Å². The van der Waals surface area contributed by atoms with Gasteiger partial charge in [0.15, 0.2) is 0 Å². The van der Waals surface area contributed by atoms with Crippen LogP contribution in [-0.2, 0) is 14.3 Å².